The van der Waals surface area contributed by atoms with Crippen LogP contribution in [0.3, 0.4) is 0 Å². The summed E-state index contributed by atoms with van der Waals surface area (Å²) in [5, 5.41) is 0. The molecule has 0 aliphatic carbocycles. The topological polar surface area (TPSA) is 35.5 Å². The summed E-state index contributed by atoms with van der Waals surface area (Å²) in [5.41, 5.74) is 0.602. The van der Waals surface area contributed by atoms with Gasteiger partial charge >= 0.3 is 6.16 Å². The summed E-state index contributed by atoms with van der Waals surface area (Å²) in [6.45, 7) is 8.62. The smallest absolute Gasteiger partial charge is 0.437 e. The molecule has 0 atom stereocenters. The molecule has 0 aliphatic heterocycles. The fourth-order valence-corrected chi connectivity index (χ4v) is 0.229. The van der Waals surface area contributed by atoms with E-state index in [1.807, 2.05) is 0 Å². The van der Waals surface area contributed by atoms with E-state index >= 15 is 0 Å². The first-order valence-corrected chi connectivity index (χ1v) is 2.68. The number of hydrogen-bond donors (Lipinski definition) is 0. The van der Waals surface area contributed by atoms with Crippen LogP contribution in [-0.4, -0.2) is 13.3 Å². The lowest BCUT2D eigenvalue weighted by molar-refractivity contribution is 0.0993. The Morgan fingerprint density at radius 1 is 1.40 bits per heavy atom. The number of ether oxygens (including phenoxy) is 2. The van der Waals surface area contributed by atoms with Crippen molar-refractivity contribution in [1.29, 1.82) is 0 Å². The van der Waals surface area contributed by atoms with Crippen molar-refractivity contribution >= 4 is 6.16 Å². The lowest BCUT2D eigenvalue weighted by Crippen LogP contribution is -2.03. The van der Waals surface area contributed by atoms with Gasteiger partial charge in [0.1, 0.15) is 5.76 Å². The predicted molar refractivity (Wildman–Crippen MR) is 37.4 cm³/mol. The van der Waals surface area contributed by atoms with Gasteiger partial charge in [0, 0.05) is 0 Å². The minimum Gasteiger partial charge on any atom is -0.437 e. The molecule has 10 heavy (non-hydrogen) atoms. The summed E-state index contributed by atoms with van der Waals surface area (Å²) in [7, 11) is 1.23. The summed E-state index contributed by atoms with van der Waals surface area (Å²) in [6.07, 6.45) is -0.770. The van der Waals surface area contributed by atoms with E-state index in [9.17, 15) is 4.79 Å². The van der Waals surface area contributed by atoms with Gasteiger partial charge in [-0.05, 0) is 12.5 Å². The maximum atomic E-state index is 10.4. The Bertz CT molecular complexity index is 170. The molecule has 0 saturated carbocycles. The van der Waals surface area contributed by atoms with Crippen LogP contribution in [-0.2, 0) is 9.47 Å². The molecule has 0 saturated heterocycles. The molecule has 0 aromatic heterocycles. The van der Waals surface area contributed by atoms with Crippen molar-refractivity contribution in [2.45, 2.75) is 6.92 Å². The Kier molecular flexibility index (Phi) is 3.25. The van der Waals surface area contributed by atoms with Crippen molar-refractivity contribution in [1.82, 2.24) is 0 Å². The number of methoxy groups -OCH3 is 1. The van der Waals surface area contributed by atoms with Crippen molar-refractivity contribution in [3.8, 4) is 0 Å². The third-order valence-corrected chi connectivity index (χ3v) is 0.849. The first-order chi connectivity index (χ1) is 4.57. The second kappa shape index (κ2) is 3.71. The average molecular weight is 142 g/mol. The van der Waals surface area contributed by atoms with E-state index < -0.39 is 6.16 Å². The van der Waals surface area contributed by atoms with Crippen LogP contribution in [0.5, 0.6) is 0 Å². The molecule has 0 aromatic carbocycles. The van der Waals surface area contributed by atoms with Gasteiger partial charge in [0.25, 0.3) is 0 Å². The monoisotopic (exact) mass is 142 g/mol. The van der Waals surface area contributed by atoms with E-state index in [2.05, 4.69) is 22.6 Å². The zero-order valence-corrected chi connectivity index (χ0v) is 6.14. The van der Waals surface area contributed by atoms with Crippen LogP contribution in [0.4, 0.5) is 4.79 Å². The predicted octanol–water partition coefficient (Wildman–Crippen LogP) is 1.86. The molecule has 0 unspecified atom stereocenters. The van der Waals surface area contributed by atoms with E-state index in [-0.39, 0.29) is 5.76 Å². The van der Waals surface area contributed by atoms with Gasteiger partial charge in [-0.25, -0.2) is 4.79 Å². The molecule has 0 radical (unpaired) electrons. The molecule has 56 valence electrons. The van der Waals surface area contributed by atoms with Gasteiger partial charge in [0.2, 0.25) is 0 Å². The highest BCUT2D eigenvalue weighted by Crippen LogP contribution is 2.05. The van der Waals surface area contributed by atoms with Crippen LogP contribution in [0.25, 0.3) is 0 Å². The average Bonchev–Trinajstić information content (AvgIpc) is 1.87. The number of carbonyl (C=O) groups excluding carboxylic acids is 1. The summed E-state index contributed by atoms with van der Waals surface area (Å²) in [4.78, 5) is 10.4. The molecule has 0 rings (SSSR count). The molecule has 0 N–H and O–H groups in total. The van der Waals surface area contributed by atoms with E-state index in [0.29, 0.717) is 5.57 Å². The van der Waals surface area contributed by atoms with Gasteiger partial charge in [0.15, 0.2) is 0 Å². The van der Waals surface area contributed by atoms with Crippen molar-refractivity contribution in [3.63, 3.8) is 0 Å². The van der Waals surface area contributed by atoms with Crippen molar-refractivity contribution in [2.75, 3.05) is 7.11 Å². The Labute approximate surface area is 59.9 Å². The van der Waals surface area contributed by atoms with Gasteiger partial charge in [-0.2, -0.15) is 0 Å². The Morgan fingerprint density at radius 2 is 1.90 bits per heavy atom. The van der Waals surface area contributed by atoms with Crippen LogP contribution in [0.15, 0.2) is 24.5 Å². The highest BCUT2D eigenvalue weighted by atomic mass is 16.7. The fourth-order valence-electron chi connectivity index (χ4n) is 0.229. The van der Waals surface area contributed by atoms with Crippen LogP contribution < -0.4 is 0 Å². The largest absolute Gasteiger partial charge is 0.513 e. The Morgan fingerprint density at radius 3 is 2.20 bits per heavy atom. The van der Waals surface area contributed by atoms with E-state index in [1.54, 1.807) is 6.92 Å². The van der Waals surface area contributed by atoms with Crippen molar-refractivity contribution in [2.24, 2.45) is 0 Å². The fraction of sp³-hybridized carbons (Fsp3) is 0.286. The van der Waals surface area contributed by atoms with Gasteiger partial charge in [-0.15, -0.1) is 0 Å². The lowest BCUT2D eigenvalue weighted by atomic mass is 10.3. The van der Waals surface area contributed by atoms with Crippen LogP contribution in [0.2, 0.25) is 0 Å². The standard InChI is InChI=1S/C7H10O3/c1-5(2)6(3)10-7(8)9-4/h1,3H2,2,4H3. The summed E-state index contributed by atoms with van der Waals surface area (Å²) in [6, 6.07) is 0. The minimum atomic E-state index is -0.770. The molecule has 0 spiro atoms. The summed E-state index contributed by atoms with van der Waals surface area (Å²) >= 11 is 0. The molecule has 3 nitrogen and oxygen atoms in total. The maximum absolute atomic E-state index is 10.4. The summed E-state index contributed by atoms with van der Waals surface area (Å²) in [5.74, 6) is 0.229. The van der Waals surface area contributed by atoms with Crippen LogP contribution in [0, 0.1) is 0 Å². The number of allylic oxidation sites excluding steroid dienone is 1. The molecular formula is C7H10O3. The number of hydrogen-bond acceptors (Lipinski definition) is 3. The highest BCUT2D eigenvalue weighted by molar-refractivity contribution is 5.61. The number of carbonyl (C=O) groups is 1. The highest BCUT2D eigenvalue weighted by Gasteiger charge is 2.03. The molecule has 0 fully saturated rings. The quantitative estimate of drug-likeness (QED) is 0.335. The maximum Gasteiger partial charge on any atom is 0.513 e. The van der Waals surface area contributed by atoms with E-state index in [4.69, 9.17) is 0 Å². The Balaban J connectivity index is 3.80. The van der Waals surface area contributed by atoms with Gasteiger partial charge in [0.05, 0.1) is 7.11 Å². The molecule has 0 aromatic rings. The third-order valence-electron chi connectivity index (χ3n) is 0.849. The normalized spacial score (nSPS) is 8.20. The summed E-state index contributed by atoms with van der Waals surface area (Å²) < 4.78 is 8.71. The molecular weight excluding hydrogens is 132 g/mol. The second-order valence-electron chi connectivity index (χ2n) is 1.76. The second-order valence-corrected chi connectivity index (χ2v) is 1.76. The van der Waals surface area contributed by atoms with Gasteiger partial charge in [-0.1, -0.05) is 13.2 Å². The van der Waals surface area contributed by atoms with E-state index in [1.165, 1.54) is 7.11 Å². The molecule has 3 heteroatoms. The molecule has 0 heterocycles. The van der Waals surface area contributed by atoms with Crippen LogP contribution in [0.1, 0.15) is 6.92 Å². The first kappa shape index (κ1) is 8.75. The van der Waals surface area contributed by atoms with Gasteiger partial charge < -0.3 is 9.47 Å². The lowest BCUT2D eigenvalue weighted by Gasteiger charge is -2.03. The van der Waals surface area contributed by atoms with Crippen LogP contribution >= 0.6 is 0 Å². The first-order valence-electron chi connectivity index (χ1n) is 2.68. The zero-order valence-electron chi connectivity index (χ0n) is 6.14. The molecule has 0 aliphatic rings. The Hall–Kier alpha value is -1.25. The van der Waals surface area contributed by atoms with Crippen molar-refractivity contribution in [3.05, 3.63) is 24.5 Å². The zero-order chi connectivity index (χ0) is 8.15. The minimum absolute atomic E-state index is 0.229. The van der Waals surface area contributed by atoms with E-state index in [0.717, 1.165) is 0 Å². The molecule has 0 bridgehead atoms. The third kappa shape index (κ3) is 2.91. The number of rotatable bonds is 2. The van der Waals surface area contributed by atoms with Gasteiger partial charge in [-0.3, -0.25) is 0 Å². The van der Waals surface area contributed by atoms with Crippen molar-refractivity contribution < 1.29 is 14.3 Å². The molecule has 0 amide bonds. The SMILES string of the molecule is C=C(C)C(=C)OC(=O)OC.